The lowest BCUT2D eigenvalue weighted by Gasteiger charge is -2.14. The van der Waals surface area contributed by atoms with E-state index in [4.69, 9.17) is 14.2 Å². The third kappa shape index (κ3) is 6.50. The van der Waals surface area contributed by atoms with Crippen molar-refractivity contribution in [2.24, 2.45) is 0 Å². The van der Waals surface area contributed by atoms with Gasteiger partial charge in [0, 0.05) is 5.69 Å². The lowest BCUT2D eigenvalue weighted by molar-refractivity contribution is -0.146. The number of nitrogens with zero attached hydrogens (tertiary/aromatic N) is 1. The molecule has 1 heterocycles. The van der Waals surface area contributed by atoms with E-state index in [9.17, 15) is 19.2 Å². The molecule has 0 bridgehead atoms. The van der Waals surface area contributed by atoms with Gasteiger partial charge in [-0.3, -0.25) is 24.1 Å². The van der Waals surface area contributed by atoms with E-state index < -0.39 is 23.7 Å². The Labute approximate surface area is 213 Å². The molecule has 0 aromatic heterocycles. The molecular formula is C23H21IN2O7S. The van der Waals surface area contributed by atoms with E-state index in [1.54, 1.807) is 31.2 Å². The van der Waals surface area contributed by atoms with E-state index in [0.29, 0.717) is 26.3 Å². The summed E-state index contributed by atoms with van der Waals surface area (Å²) in [6.45, 7) is 1.14. The lowest BCUT2D eigenvalue weighted by Crippen LogP contribution is -2.34. The van der Waals surface area contributed by atoms with Crippen LogP contribution in [0.1, 0.15) is 12.5 Å². The van der Waals surface area contributed by atoms with Crippen LogP contribution in [0.3, 0.4) is 0 Å². The van der Waals surface area contributed by atoms with E-state index in [1.165, 1.54) is 13.2 Å². The Morgan fingerprint density at radius 3 is 2.59 bits per heavy atom. The lowest BCUT2D eigenvalue weighted by atomic mass is 10.2. The summed E-state index contributed by atoms with van der Waals surface area (Å²) >= 11 is 2.77. The minimum absolute atomic E-state index is 0.158. The Kier molecular flexibility index (Phi) is 8.93. The van der Waals surface area contributed by atoms with Gasteiger partial charge in [-0.15, -0.1) is 0 Å². The highest BCUT2D eigenvalue weighted by Crippen LogP contribution is 2.37. The number of nitrogens with one attached hydrogen (secondary N) is 1. The summed E-state index contributed by atoms with van der Waals surface area (Å²) in [6, 6.07) is 12.4. The number of carbonyl (C=O) groups is 4. The summed E-state index contributed by atoms with van der Waals surface area (Å²) in [4.78, 5) is 49.7. The second-order valence-corrected chi connectivity index (χ2v) is 8.97. The number of hydrogen-bond acceptors (Lipinski definition) is 8. The number of halogens is 1. The third-order valence-electron chi connectivity index (χ3n) is 4.42. The quantitative estimate of drug-likeness (QED) is 0.264. The fourth-order valence-electron chi connectivity index (χ4n) is 2.94. The summed E-state index contributed by atoms with van der Waals surface area (Å²) in [7, 11) is 1.46. The molecule has 2 aromatic rings. The number of para-hydroxylation sites is 1. The highest BCUT2D eigenvalue weighted by Gasteiger charge is 2.36. The van der Waals surface area contributed by atoms with Gasteiger partial charge in [-0.2, -0.15) is 0 Å². The van der Waals surface area contributed by atoms with Crippen LogP contribution in [0, 0.1) is 3.57 Å². The van der Waals surface area contributed by atoms with Crippen molar-refractivity contribution in [1.29, 1.82) is 0 Å². The number of anilines is 1. The van der Waals surface area contributed by atoms with Crippen LogP contribution in [-0.2, 0) is 19.1 Å². The predicted octanol–water partition coefficient (Wildman–Crippen LogP) is 3.92. The first-order valence-electron chi connectivity index (χ1n) is 10.1. The highest BCUT2D eigenvalue weighted by molar-refractivity contribution is 14.1. The topological polar surface area (TPSA) is 111 Å². The molecular weight excluding hydrogens is 575 g/mol. The number of amides is 3. The smallest absolute Gasteiger partial charge is 0.326 e. The standard InChI is InChI=1S/C23H21IN2O7S/c1-3-32-20(28)12-26-22(29)18(34-23(26)30)11-14-9-16(24)21(17(10-14)31-2)33-13-19(27)25-15-7-5-4-6-8-15/h4-11H,3,12-13H2,1-2H3,(H,25,27)/b18-11+. The largest absolute Gasteiger partial charge is 0.493 e. The number of ether oxygens (including phenoxy) is 3. The van der Waals surface area contributed by atoms with Crippen molar-refractivity contribution < 1.29 is 33.4 Å². The van der Waals surface area contributed by atoms with Gasteiger partial charge in [0.1, 0.15) is 6.54 Å². The van der Waals surface area contributed by atoms with Crippen LogP contribution < -0.4 is 14.8 Å². The van der Waals surface area contributed by atoms with E-state index in [-0.39, 0.29) is 24.0 Å². The molecule has 11 heteroatoms. The Morgan fingerprint density at radius 1 is 1.18 bits per heavy atom. The van der Waals surface area contributed by atoms with Gasteiger partial charge in [-0.05, 0) is 77.2 Å². The molecule has 0 unspecified atom stereocenters. The first-order valence-corrected chi connectivity index (χ1v) is 12.0. The molecule has 1 aliphatic heterocycles. The molecule has 1 N–H and O–H groups in total. The van der Waals surface area contributed by atoms with E-state index >= 15 is 0 Å². The first kappa shape index (κ1) is 25.6. The SMILES string of the molecule is CCOC(=O)CN1C(=O)S/C(=C/c2cc(I)c(OCC(=O)Nc3ccccc3)c(OC)c2)C1=O. The maximum absolute atomic E-state index is 12.6. The number of imide groups is 1. The van der Waals surface area contributed by atoms with Crippen molar-refractivity contribution in [2.45, 2.75) is 6.92 Å². The fraction of sp³-hybridized carbons (Fsp3) is 0.217. The zero-order valence-electron chi connectivity index (χ0n) is 18.3. The van der Waals surface area contributed by atoms with Gasteiger partial charge in [0.2, 0.25) is 0 Å². The van der Waals surface area contributed by atoms with Gasteiger partial charge in [-0.1, -0.05) is 18.2 Å². The number of hydrogen-bond donors (Lipinski definition) is 1. The number of carbonyl (C=O) groups excluding carboxylic acids is 4. The van der Waals surface area contributed by atoms with Crippen LogP contribution in [0.15, 0.2) is 47.4 Å². The molecule has 34 heavy (non-hydrogen) atoms. The van der Waals surface area contributed by atoms with E-state index in [2.05, 4.69) is 5.32 Å². The fourth-order valence-corrected chi connectivity index (χ4v) is 4.56. The maximum atomic E-state index is 12.6. The summed E-state index contributed by atoms with van der Waals surface area (Å²) in [5, 5.41) is 2.19. The van der Waals surface area contributed by atoms with Crippen molar-refractivity contribution in [3.63, 3.8) is 0 Å². The van der Waals surface area contributed by atoms with Crippen LogP contribution in [0.25, 0.3) is 6.08 Å². The van der Waals surface area contributed by atoms with Crippen LogP contribution in [0.5, 0.6) is 11.5 Å². The summed E-state index contributed by atoms with van der Waals surface area (Å²) in [5.41, 5.74) is 1.24. The van der Waals surface area contributed by atoms with Gasteiger partial charge in [-0.25, -0.2) is 0 Å². The second-order valence-electron chi connectivity index (χ2n) is 6.81. The normalized spacial score (nSPS) is 14.3. The molecule has 0 radical (unpaired) electrons. The zero-order chi connectivity index (χ0) is 24.7. The molecule has 1 saturated heterocycles. The molecule has 0 aliphatic carbocycles. The van der Waals surface area contributed by atoms with Crippen LogP contribution in [0.2, 0.25) is 0 Å². The summed E-state index contributed by atoms with van der Waals surface area (Å²) < 4.78 is 16.6. The Balaban J connectivity index is 1.72. The molecule has 178 valence electrons. The second kappa shape index (κ2) is 11.9. The number of methoxy groups -OCH3 is 1. The van der Waals surface area contributed by atoms with Crippen molar-refractivity contribution in [1.82, 2.24) is 4.90 Å². The van der Waals surface area contributed by atoms with Crippen molar-refractivity contribution in [3.8, 4) is 11.5 Å². The third-order valence-corrected chi connectivity index (χ3v) is 6.13. The van der Waals surface area contributed by atoms with Crippen molar-refractivity contribution >= 4 is 69.1 Å². The van der Waals surface area contributed by atoms with Crippen molar-refractivity contribution in [2.75, 3.05) is 32.2 Å². The van der Waals surface area contributed by atoms with Crippen LogP contribution >= 0.6 is 34.4 Å². The predicted molar refractivity (Wildman–Crippen MR) is 136 cm³/mol. The number of thioether (sulfide) groups is 1. The molecule has 3 amide bonds. The average molecular weight is 596 g/mol. The Hall–Kier alpha value is -3.06. The Bertz CT molecular complexity index is 1140. The highest BCUT2D eigenvalue weighted by atomic mass is 127. The van der Waals surface area contributed by atoms with E-state index in [0.717, 1.165) is 16.7 Å². The minimum Gasteiger partial charge on any atom is -0.493 e. The Morgan fingerprint density at radius 2 is 1.91 bits per heavy atom. The molecule has 9 nitrogen and oxygen atoms in total. The molecule has 0 spiro atoms. The van der Waals surface area contributed by atoms with Crippen LogP contribution in [-0.4, -0.2) is 54.8 Å². The van der Waals surface area contributed by atoms with Crippen LogP contribution in [0.4, 0.5) is 10.5 Å². The van der Waals surface area contributed by atoms with Gasteiger partial charge in [0.05, 0.1) is 22.2 Å². The van der Waals surface area contributed by atoms with Gasteiger partial charge >= 0.3 is 5.97 Å². The molecule has 1 fully saturated rings. The van der Waals surface area contributed by atoms with Crippen molar-refractivity contribution in [3.05, 3.63) is 56.5 Å². The van der Waals surface area contributed by atoms with Gasteiger partial charge < -0.3 is 19.5 Å². The minimum atomic E-state index is -0.653. The zero-order valence-corrected chi connectivity index (χ0v) is 21.3. The molecule has 0 saturated carbocycles. The summed E-state index contributed by atoms with van der Waals surface area (Å²) in [6.07, 6.45) is 1.53. The average Bonchev–Trinajstić information content (AvgIpc) is 3.06. The number of benzene rings is 2. The van der Waals surface area contributed by atoms with Gasteiger partial charge in [0.15, 0.2) is 18.1 Å². The molecule has 2 aromatic carbocycles. The molecule has 1 aliphatic rings. The van der Waals surface area contributed by atoms with E-state index in [1.807, 2.05) is 40.8 Å². The molecule has 0 atom stereocenters. The summed E-state index contributed by atoms with van der Waals surface area (Å²) in [5.74, 6) is -0.825. The first-order chi connectivity index (χ1) is 16.3. The molecule has 3 rings (SSSR count). The number of esters is 1. The maximum Gasteiger partial charge on any atom is 0.326 e. The monoisotopic (exact) mass is 596 g/mol. The van der Waals surface area contributed by atoms with Gasteiger partial charge in [0.25, 0.3) is 17.1 Å². The number of rotatable bonds is 9.